The van der Waals surface area contributed by atoms with Gasteiger partial charge in [0, 0.05) is 35.3 Å². The molecule has 0 fully saturated rings. The second-order valence-corrected chi connectivity index (χ2v) is 8.51. The van der Waals surface area contributed by atoms with E-state index < -0.39 is 5.97 Å². The number of carbonyl (C=O) groups is 2. The number of aryl methyl sites for hydroxylation is 1. The highest BCUT2D eigenvalue weighted by Gasteiger charge is 2.21. The van der Waals surface area contributed by atoms with Crippen molar-refractivity contribution >= 4 is 17.6 Å². The molecule has 3 N–H and O–H groups in total. The van der Waals surface area contributed by atoms with E-state index in [9.17, 15) is 9.59 Å². The van der Waals surface area contributed by atoms with E-state index in [2.05, 4.69) is 37.5 Å². The molecule has 1 unspecified atom stereocenters. The lowest BCUT2D eigenvalue weighted by atomic mass is 9.95. The molecule has 33 heavy (non-hydrogen) atoms. The van der Waals surface area contributed by atoms with Crippen molar-refractivity contribution in [2.24, 2.45) is 5.92 Å². The first-order valence-electron chi connectivity index (χ1n) is 11.4. The van der Waals surface area contributed by atoms with Crippen molar-refractivity contribution in [3.63, 3.8) is 0 Å². The first kappa shape index (κ1) is 24.1. The molecular weight excluding hydrogens is 416 g/mol. The van der Waals surface area contributed by atoms with Crippen LogP contribution >= 0.6 is 0 Å². The zero-order valence-corrected chi connectivity index (χ0v) is 19.4. The average molecular weight is 449 g/mol. The number of hydrogen-bond donors (Lipinski definition) is 3. The minimum atomic E-state index is -0.938. The molecule has 1 heterocycles. The van der Waals surface area contributed by atoms with Crippen molar-refractivity contribution in [3.8, 4) is 11.3 Å². The monoisotopic (exact) mass is 448 g/mol. The molecule has 0 aliphatic carbocycles. The van der Waals surface area contributed by atoms with E-state index in [1.807, 2.05) is 42.5 Å². The molecule has 6 nitrogen and oxygen atoms in total. The molecule has 0 bridgehead atoms. The molecule has 0 aliphatic rings. The van der Waals surface area contributed by atoms with Crippen molar-refractivity contribution < 1.29 is 19.1 Å². The third kappa shape index (κ3) is 6.72. The van der Waals surface area contributed by atoms with Crippen LogP contribution in [0.3, 0.4) is 0 Å². The topological polar surface area (TPSA) is 91.6 Å². The summed E-state index contributed by atoms with van der Waals surface area (Å²) in [4.78, 5) is 22.8. The Kier molecular flexibility index (Phi) is 8.30. The quantitative estimate of drug-likeness (QED) is 0.339. The first-order chi connectivity index (χ1) is 15.9. The standard InChI is InChI=1S/C27H32N2O4/c1-4-24-22(17-25(33-24)19-8-6-5-7-9-19)23(16-18(2)3)29-21-12-10-20(11-13-21)27(32)28-15-14-26(30)31/h5-13,17-18,23,29H,4,14-16H2,1-3H3,(H,28,32)(H,30,31). The smallest absolute Gasteiger partial charge is 0.305 e. The van der Waals surface area contributed by atoms with E-state index in [0.717, 1.165) is 41.2 Å². The van der Waals surface area contributed by atoms with E-state index in [-0.39, 0.29) is 24.9 Å². The van der Waals surface area contributed by atoms with Crippen LogP contribution in [0.5, 0.6) is 0 Å². The average Bonchev–Trinajstić information content (AvgIpc) is 3.24. The van der Waals surface area contributed by atoms with Crippen LogP contribution in [0, 0.1) is 5.92 Å². The van der Waals surface area contributed by atoms with Crippen LogP contribution in [0.25, 0.3) is 11.3 Å². The molecule has 6 heteroatoms. The highest BCUT2D eigenvalue weighted by molar-refractivity contribution is 5.94. The van der Waals surface area contributed by atoms with Crippen molar-refractivity contribution in [1.29, 1.82) is 0 Å². The van der Waals surface area contributed by atoms with Gasteiger partial charge in [-0.05, 0) is 42.7 Å². The minimum absolute atomic E-state index is 0.0661. The van der Waals surface area contributed by atoms with Crippen LogP contribution in [0.1, 0.15) is 61.3 Å². The van der Waals surface area contributed by atoms with Gasteiger partial charge in [-0.2, -0.15) is 0 Å². The summed E-state index contributed by atoms with van der Waals surface area (Å²) in [6.45, 7) is 6.60. The lowest BCUT2D eigenvalue weighted by Crippen LogP contribution is -2.25. The molecule has 0 saturated carbocycles. The summed E-state index contributed by atoms with van der Waals surface area (Å²) in [5.41, 5.74) is 3.61. The SMILES string of the molecule is CCc1oc(-c2ccccc2)cc1C(CC(C)C)Nc1ccc(C(=O)NCCC(=O)O)cc1. The first-order valence-corrected chi connectivity index (χ1v) is 11.4. The second kappa shape index (κ2) is 11.4. The van der Waals surface area contributed by atoms with Gasteiger partial charge < -0.3 is 20.2 Å². The van der Waals surface area contributed by atoms with Gasteiger partial charge in [-0.15, -0.1) is 0 Å². The van der Waals surface area contributed by atoms with E-state index >= 15 is 0 Å². The van der Waals surface area contributed by atoms with Gasteiger partial charge in [0.05, 0.1) is 12.5 Å². The predicted molar refractivity (Wildman–Crippen MR) is 130 cm³/mol. The van der Waals surface area contributed by atoms with Crippen LogP contribution in [0.2, 0.25) is 0 Å². The summed E-state index contributed by atoms with van der Waals surface area (Å²) >= 11 is 0. The normalized spacial score (nSPS) is 11.9. The Hall–Kier alpha value is -3.54. The summed E-state index contributed by atoms with van der Waals surface area (Å²) in [5.74, 6) is 1.10. The Bertz CT molecular complexity index is 1060. The number of carboxylic acid groups (broad SMARTS) is 1. The number of carbonyl (C=O) groups excluding carboxylic acids is 1. The number of nitrogens with one attached hydrogen (secondary N) is 2. The molecule has 0 aliphatic heterocycles. The van der Waals surface area contributed by atoms with Gasteiger partial charge in [0.25, 0.3) is 5.91 Å². The Balaban J connectivity index is 1.78. The van der Waals surface area contributed by atoms with Gasteiger partial charge in [-0.1, -0.05) is 51.1 Å². The lowest BCUT2D eigenvalue weighted by Gasteiger charge is -2.22. The van der Waals surface area contributed by atoms with Gasteiger partial charge in [0.1, 0.15) is 11.5 Å². The zero-order chi connectivity index (χ0) is 23.8. The van der Waals surface area contributed by atoms with Crippen molar-refractivity contribution in [2.45, 2.75) is 46.1 Å². The maximum absolute atomic E-state index is 12.2. The third-order valence-electron chi connectivity index (χ3n) is 5.42. The van der Waals surface area contributed by atoms with Gasteiger partial charge in [0.2, 0.25) is 0 Å². The van der Waals surface area contributed by atoms with Crippen LogP contribution in [0.4, 0.5) is 5.69 Å². The summed E-state index contributed by atoms with van der Waals surface area (Å²) in [6.07, 6.45) is 1.63. The predicted octanol–water partition coefficient (Wildman–Crippen LogP) is 5.91. The Labute approximate surface area is 195 Å². The fourth-order valence-electron chi connectivity index (χ4n) is 3.80. The third-order valence-corrected chi connectivity index (χ3v) is 5.42. The van der Waals surface area contributed by atoms with Gasteiger partial charge in [0.15, 0.2) is 0 Å². The fourth-order valence-corrected chi connectivity index (χ4v) is 3.80. The Morgan fingerprint density at radius 2 is 1.73 bits per heavy atom. The summed E-state index contributed by atoms with van der Waals surface area (Å²) in [6, 6.07) is 19.6. The summed E-state index contributed by atoms with van der Waals surface area (Å²) < 4.78 is 6.22. The highest BCUT2D eigenvalue weighted by atomic mass is 16.4. The van der Waals surface area contributed by atoms with E-state index in [1.54, 1.807) is 12.1 Å². The maximum atomic E-state index is 12.2. The van der Waals surface area contributed by atoms with Gasteiger partial charge >= 0.3 is 5.97 Å². The number of furan rings is 1. The van der Waals surface area contributed by atoms with E-state index in [0.29, 0.717) is 11.5 Å². The summed E-state index contributed by atoms with van der Waals surface area (Å²) in [5, 5.41) is 15.0. The van der Waals surface area contributed by atoms with Crippen LogP contribution < -0.4 is 10.6 Å². The number of benzene rings is 2. The Morgan fingerprint density at radius 3 is 2.33 bits per heavy atom. The molecule has 0 saturated heterocycles. The molecule has 174 valence electrons. The van der Waals surface area contributed by atoms with Crippen LogP contribution in [0.15, 0.2) is 65.1 Å². The molecule has 3 aromatic rings. The molecule has 0 spiro atoms. The number of carboxylic acids is 1. The van der Waals surface area contributed by atoms with Crippen LogP contribution in [-0.2, 0) is 11.2 Å². The van der Waals surface area contributed by atoms with Crippen molar-refractivity contribution in [3.05, 3.63) is 77.6 Å². The van der Waals surface area contributed by atoms with E-state index in [4.69, 9.17) is 9.52 Å². The number of rotatable bonds is 11. The summed E-state index contributed by atoms with van der Waals surface area (Å²) in [7, 11) is 0. The van der Waals surface area contributed by atoms with E-state index in [1.165, 1.54) is 0 Å². The largest absolute Gasteiger partial charge is 0.481 e. The minimum Gasteiger partial charge on any atom is -0.481 e. The van der Waals surface area contributed by atoms with Crippen molar-refractivity contribution in [2.75, 3.05) is 11.9 Å². The number of amides is 1. The molecule has 1 amide bonds. The molecule has 1 aromatic heterocycles. The second-order valence-electron chi connectivity index (χ2n) is 8.51. The number of anilines is 1. The molecule has 1 atom stereocenters. The molecule has 0 radical (unpaired) electrons. The van der Waals surface area contributed by atoms with Gasteiger partial charge in [-0.3, -0.25) is 9.59 Å². The fraction of sp³-hybridized carbons (Fsp3) is 0.333. The molecular formula is C27H32N2O4. The number of hydrogen-bond acceptors (Lipinski definition) is 4. The molecule has 2 aromatic carbocycles. The maximum Gasteiger partial charge on any atom is 0.305 e. The highest BCUT2D eigenvalue weighted by Crippen LogP contribution is 2.34. The van der Waals surface area contributed by atoms with Crippen LogP contribution in [-0.4, -0.2) is 23.5 Å². The van der Waals surface area contributed by atoms with Crippen molar-refractivity contribution in [1.82, 2.24) is 5.32 Å². The Morgan fingerprint density at radius 1 is 1.03 bits per heavy atom. The number of aliphatic carboxylic acids is 1. The van der Waals surface area contributed by atoms with Gasteiger partial charge in [-0.25, -0.2) is 0 Å². The lowest BCUT2D eigenvalue weighted by molar-refractivity contribution is -0.136. The zero-order valence-electron chi connectivity index (χ0n) is 19.4. The molecule has 3 rings (SSSR count).